The molecule has 3 atom stereocenters. The topological polar surface area (TPSA) is 92.8 Å². The van der Waals surface area contributed by atoms with Crippen LogP contribution in [0.3, 0.4) is 0 Å². The van der Waals surface area contributed by atoms with Gasteiger partial charge in [-0.15, -0.1) is 0 Å². The molecule has 7 nitrogen and oxygen atoms in total. The fraction of sp³-hybridized carbons (Fsp3) is 0.368. The van der Waals surface area contributed by atoms with Gasteiger partial charge in [0, 0.05) is 11.8 Å². The summed E-state index contributed by atoms with van der Waals surface area (Å²) < 4.78 is 41.0. The molecule has 3 aromatic rings. The number of halogens is 3. The largest absolute Gasteiger partial charge is 0.467 e. The lowest BCUT2D eigenvalue weighted by Gasteiger charge is -2.14. The van der Waals surface area contributed by atoms with E-state index in [0.717, 1.165) is 23.1 Å². The summed E-state index contributed by atoms with van der Waals surface area (Å²) in [6, 6.07) is 7.24. The molecule has 1 aromatic carbocycles. The number of rotatable bonds is 6. The number of alkyl halides is 3. The lowest BCUT2D eigenvalue weighted by atomic mass is 10.2. The molecule has 0 aliphatic heterocycles. The number of H-pyrrole nitrogens is 1. The summed E-state index contributed by atoms with van der Waals surface area (Å²) >= 11 is 0. The molecule has 0 saturated heterocycles. The van der Waals surface area contributed by atoms with E-state index in [4.69, 9.17) is 0 Å². The predicted octanol–water partition coefficient (Wildman–Crippen LogP) is 3.27. The van der Waals surface area contributed by atoms with Crippen molar-refractivity contribution in [2.45, 2.75) is 31.5 Å². The minimum atomic E-state index is -4.44. The van der Waals surface area contributed by atoms with E-state index < -0.39 is 18.8 Å². The van der Waals surface area contributed by atoms with Gasteiger partial charge in [-0.25, -0.2) is 9.97 Å². The summed E-state index contributed by atoms with van der Waals surface area (Å²) in [6.07, 6.45) is -1.34. The number of imidazole rings is 1. The van der Waals surface area contributed by atoms with Crippen LogP contribution in [-0.4, -0.2) is 38.6 Å². The van der Waals surface area contributed by atoms with Crippen molar-refractivity contribution in [2.24, 2.45) is 5.92 Å². The number of nitrogens with zero attached hydrogens (tertiary/aromatic N) is 3. The van der Waals surface area contributed by atoms with Crippen molar-refractivity contribution in [3.05, 3.63) is 48.2 Å². The zero-order valence-electron chi connectivity index (χ0n) is 15.4. The highest BCUT2D eigenvalue weighted by atomic mass is 19.4. The molecular formula is C19H18F3N5O2. The number of benzene rings is 1. The van der Waals surface area contributed by atoms with Crippen LogP contribution in [-0.2, 0) is 4.79 Å². The Kier molecular flexibility index (Phi) is 4.85. The van der Waals surface area contributed by atoms with Gasteiger partial charge in [0.2, 0.25) is 11.8 Å². The third-order valence-electron chi connectivity index (χ3n) is 4.72. The molecule has 1 aliphatic rings. The van der Waals surface area contributed by atoms with E-state index in [9.17, 15) is 18.0 Å². The molecule has 10 heteroatoms. The maximum Gasteiger partial charge on any atom is 0.422 e. The number of ether oxygens (including phenoxy) is 1. The Morgan fingerprint density at radius 2 is 2.10 bits per heavy atom. The van der Waals surface area contributed by atoms with Crippen molar-refractivity contribution in [3.63, 3.8) is 0 Å². The van der Waals surface area contributed by atoms with E-state index in [1.54, 1.807) is 6.92 Å². The van der Waals surface area contributed by atoms with Crippen LogP contribution in [0.1, 0.15) is 36.8 Å². The highest BCUT2D eigenvalue weighted by Gasteiger charge is 2.46. The SMILES string of the molecule is C[C@@H](NC(=O)[C@H]1C[C@@H]1c1nc2ccccc2[nH]1)c1cnc(OCC(F)(F)F)cn1. The van der Waals surface area contributed by atoms with Gasteiger partial charge in [-0.2, -0.15) is 13.2 Å². The van der Waals surface area contributed by atoms with E-state index in [1.165, 1.54) is 6.20 Å². The molecule has 1 fully saturated rings. The number of hydrogen-bond acceptors (Lipinski definition) is 5. The third kappa shape index (κ3) is 4.47. The summed E-state index contributed by atoms with van der Waals surface area (Å²) in [6.45, 7) is 0.301. The first-order valence-corrected chi connectivity index (χ1v) is 9.06. The lowest BCUT2D eigenvalue weighted by Crippen LogP contribution is -2.29. The molecule has 152 valence electrons. The Morgan fingerprint density at radius 3 is 2.79 bits per heavy atom. The predicted molar refractivity (Wildman–Crippen MR) is 97.1 cm³/mol. The average Bonchev–Trinajstić information content (AvgIpc) is 3.38. The summed E-state index contributed by atoms with van der Waals surface area (Å²) in [7, 11) is 0. The van der Waals surface area contributed by atoms with Gasteiger partial charge in [-0.05, 0) is 25.5 Å². The number of fused-ring (bicyclic) bond motifs is 1. The van der Waals surface area contributed by atoms with Gasteiger partial charge in [0.25, 0.3) is 0 Å². The molecule has 0 bridgehead atoms. The van der Waals surface area contributed by atoms with Crippen LogP contribution in [0.4, 0.5) is 13.2 Å². The Balaban J connectivity index is 1.33. The summed E-state index contributed by atoms with van der Waals surface area (Å²) in [5.74, 6) is 0.308. The van der Waals surface area contributed by atoms with Gasteiger partial charge in [0.15, 0.2) is 6.61 Å². The molecule has 2 N–H and O–H groups in total. The number of carbonyl (C=O) groups excluding carboxylic acids is 1. The fourth-order valence-electron chi connectivity index (χ4n) is 3.11. The molecule has 2 heterocycles. The number of amides is 1. The van der Waals surface area contributed by atoms with E-state index in [-0.39, 0.29) is 23.6 Å². The molecule has 1 saturated carbocycles. The van der Waals surface area contributed by atoms with Crippen LogP contribution in [0.25, 0.3) is 11.0 Å². The van der Waals surface area contributed by atoms with Crippen LogP contribution in [0.15, 0.2) is 36.7 Å². The van der Waals surface area contributed by atoms with Crippen LogP contribution in [0, 0.1) is 5.92 Å². The van der Waals surface area contributed by atoms with Crippen molar-refractivity contribution in [2.75, 3.05) is 6.61 Å². The molecule has 0 unspecified atom stereocenters. The zero-order valence-corrected chi connectivity index (χ0v) is 15.4. The van der Waals surface area contributed by atoms with Crippen LogP contribution < -0.4 is 10.1 Å². The molecule has 2 aromatic heterocycles. The maximum atomic E-state index is 12.5. The fourth-order valence-corrected chi connectivity index (χ4v) is 3.11. The van der Waals surface area contributed by atoms with Crippen molar-refractivity contribution in [1.82, 2.24) is 25.3 Å². The van der Waals surface area contributed by atoms with Gasteiger partial charge >= 0.3 is 6.18 Å². The standard InChI is InChI=1S/C19H18F3N5O2/c1-10(15-7-24-16(8-23-15)29-9-19(20,21)22)25-18(28)12-6-11(12)17-26-13-4-2-3-5-14(13)27-17/h2-5,7-8,10-12H,6,9H2,1H3,(H,25,28)(H,26,27)/t10-,11+,12+/m1/s1. The number of aromatic nitrogens is 4. The van der Waals surface area contributed by atoms with E-state index in [0.29, 0.717) is 12.1 Å². The van der Waals surface area contributed by atoms with E-state index in [1.807, 2.05) is 24.3 Å². The Labute approximate surface area is 163 Å². The monoisotopic (exact) mass is 405 g/mol. The smallest absolute Gasteiger partial charge is 0.422 e. The Bertz CT molecular complexity index is 986. The van der Waals surface area contributed by atoms with Crippen molar-refractivity contribution >= 4 is 16.9 Å². The minimum absolute atomic E-state index is 0.0406. The molecular weight excluding hydrogens is 387 g/mol. The van der Waals surface area contributed by atoms with Gasteiger partial charge < -0.3 is 15.0 Å². The molecule has 29 heavy (non-hydrogen) atoms. The van der Waals surface area contributed by atoms with E-state index in [2.05, 4.69) is 30.0 Å². The highest BCUT2D eigenvalue weighted by Crippen LogP contribution is 2.47. The second kappa shape index (κ2) is 7.34. The first-order valence-electron chi connectivity index (χ1n) is 9.06. The zero-order chi connectivity index (χ0) is 20.6. The van der Waals surface area contributed by atoms with Crippen molar-refractivity contribution in [1.29, 1.82) is 0 Å². The average molecular weight is 405 g/mol. The quantitative estimate of drug-likeness (QED) is 0.657. The molecule has 0 spiro atoms. The minimum Gasteiger partial charge on any atom is -0.467 e. The Hall–Kier alpha value is -3.17. The highest BCUT2D eigenvalue weighted by molar-refractivity contribution is 5.83. The van der Waals surface area contributed by atoms with Gasteiger partial charge in [-0.3, -0.25) is 9.78 Å². The van der Waals surface area contributed by atoms with Crippen LogP contribution in [0.5, 0.6) is 5.88 Å². The molecule has 0 radical (unpaired) electrons. The second-order valence-corrected chi connectivity index (χ2v) is 7.00. The summed E-state index contributed by atoms with van der Waals surface area (Å²) in [5.41, 5.74) is 2.23. The molecule has 1 aliphatic carbocycles. The van der Waals surface area contributed by atoms with Gasteiger partial charge in [-0.1, -0.05) is 12.1 Å². The number of hydrogen-bond donors (Lipinski definition) is 2. The maximum absolute atomic E-state index is 12.5. The first-order chi connectivity index (χ1) is 13.8. The lowest BCUT2D eigenvalue weighted by molar-refractivity contribution is -0.154. The third-order valence-corrected chi connectivity index (χ3v) is 4.72. The van der Waals surface area contributed by atoms with E-state index >= 15 is 0 Å². The van der Waals surface area contributed by atoms with Gasteiger partial charge in [0.05, 0.1) is 35.2 Å². The number of para-hydroxylation sites is 2. The van der Waals surface area contributed by atoms with Crippen molar-refractivity contribution < 1.29 is 22.7 Å². The number of nitrogens with one attached hydrogen (secondary N) is 2. The normalized spacial score (nSPS) is 19.7. The number of aromatic amines is 1. The van der Waals surface area contributed by atoms with Crippen molar-refractivity contribution in [3.8, 4) is 5.88 Å². The Morgan fingerprint density at radius 1 is 1.31 bits per heavy atom. The van der Waals surface area contributed by atoms with Crippen LogP contribution >= 0.6 is 0 Å². The number of carbonyl (C=O) groups is 1. The first kappa shape index (κ1) is 19.2. The molecule has 4 rings (SSSR count). The molecule has 1 amide bonds. The summed E-state index contributed by atoms with van der Waals surface area (Å²) in [5, 5.41) is 2.86. The van der Waals surface area contributed by atoms with Gasteiger partial charge in [0.1, 0.15) is 5.82 Å². The second-order valence-electron chi connectivity index (χ2n) is 7.00. The summed E-state index contributed by atoms with van der Waals surface area (Å²) in [4.78, 5) is 28.1. The van der Waals surface area contributed by atoms with Crippen LogP contribution in [0.2, 0.25) is 0 Å².